The SMILES string of the molecule is CC1(C)C[C@H](NC(=O)[C@@H]2CC2(F)F)CCO1. The van der Waals surface area contributed by atoms with E-state index in [4.69, 9.17) is 4.74 Å². The molecule has 3 nitrogen and oxygen atoms in total. The van der Waals surface area contributed by atoms with E-state index >= 15 is 0 Å². The van der Waals surface area contributed by atoms with E-state index in [-0.39, 0.29) is 18.1 Å². The monoisotopic (exact) mass is 233 g/mol. The van der Waals surface area contributed by atoms with Crippen LogP contribution >= 0.6 is 0 Å². The van der Waals surface area contributed by atoms with Crippen LogP contribution in [0.2, 0.25) is 0 Å². The highest BCUT2D eigenvalue weighted by Gasteiger charge is 2.61. The van der Waals surface area contributed by atoms with Gasteiger partial charge in [-0.15, -0.1) is 0 Å². The van der Waals surface area contributed by atoms with E-state index in [0.717, 1.165) is 0 Å². The molecule has 1 heterocycles. The van der Waals surface area contributed by atoms with Crippen LogP contribution in [0.1, 0.15) is 33.1 Å². The number of carbonyl (C=O) groups excluding carboxylic acids is 1. The minimum Gasteiger partial charge on any atom is -0.375 e. The summed E-state index contributed by atoms with van der Waals surface area (Å²) in [6, 6.07) is -0.0346. The standard InChI is InChI=1S/C11H17F2NO2/c1-10(2)5-7(3-4-16-10)14-9(15)8-6-11(8,12)13/h7-8H,3-6H2,1-2H3,(H,14,15)/t7-,8+/m1/s1. The third-order valence-corrected chi connectivity index (χ3v) is 3.19. The van der Waals surface area contributed by atoms with Gasteiger partial charge in [0, 0.05) is 19.1 Å². The second-order valence-electron chi connectivity index (χ2n) is 5.32. The molecule has 1 aliphatic heterocycles. The van der Waals surface area contributed by atoms with Gasteiger partial charge in [0.05, 0.1) is 5.60 Å². The molecule has 0 spiro atoms. The molecule has 0 aromatic heterocycles. The number of hydrogen-bond donors (Lipinski definition) is 1. The Balaban J connectivity index is 1.84. The van der Waals surface area contributed by atoms with Gasteiger partial charge in [-0.3, -0.25) is 4.79 Å². The summed E-state index contributed by atoms with van der Waals surface area (Å²) < 4.78 is 30.8. The summed E-state index contributed by atoms with van der Waals surface area (Å²) in [7, 11) is 0. The summed E-state index contributed by atoms with van der Waals surface area (Å²) in [6.07, 6.45) is 1.08. The van der Waals surface area contributed by atoms with E-state index in [0.29, 0.717) is 19.4 Å². The van der Waals surface area contributed by atoms with Gasteiger partial charge in [-0.05, 0) is 26.7 Å². The normalized spacial score (nSPS) is 35.5. The van der Waals surface area contributed by atoms with E-state index in [1.807, 2.05) is 13.8 Å². The Morgan fingerprint density at radius 2 is 2.00 bits per heavy atom. The average Bonchev–Trinajstić information content (AvgIpc) is 2.73. The van der Waals surface area contributed by atoms with Crippen LogP contribution in [0.5, 0.6) is 0 Å². The highest BCUT2D eigenvalue weighted by Crippen LogP contribution is 2.48. The van der Waals surface area contributed by atoms with Gasteiger partial charge in [0.15, 0.2) is 0 Å². The second-order valence-corrected chi connectivity index (χ2v) is 5.32. The Hall–Kier alpha value is -0.710. The van der Waals surface area contributed by atoms with Gasteiger partial charge in [0.25, 0.3) is 5.92 Å². The zero-order valence-corrected chi connectivity index (χ0v) is 9.56. The summed E-state index contributed by atoms with van der Waals surface area (Å²) in [5.74, 6) is -4.38. The number of rotatable bonds is 2. The number of amides is 1. The Labute approximate surface area is 93.5 Å². The summed E-state index contributed by atoms with van der Waals surface area (Å²) in [4.78, 5) is 11.5. The fourth-order valence-electron chi connectivity index (χ4n) is 2.15. The van der Waals surface area contributed by atoms with Crippen molar-refractivity contribution in [2.45, 2.75) is 50.7 Å². The quantitative estimate of drug-likeness (QED) is 0.788. The summed E-state index contributed by atoms with van der Waals surface area (Å²) in [5, 5.41) is 2.69. The van der Waals surface area contributed by atoms with Crippen molar-refractivity contribution in [2.75, 3.05) is 6.61 Å². The lowest BCUT2D eigenvalue weighted by molar-refractivity contribution is -0.127. The van der Waals surface area contributed by atoms with Gasteiger partial charge in [-0.25, -0.2) is 8.78 Å². The van der Waals surface area contributed by atoms with Crippen LogP contribution in [0.25, 0.3) is 0 Å². The summed E-state index contributed by atoms with van der Waals surface area (Å²) in [5.41, 5.74) is -0.276. The molecule has 1 amide bonds. The minimum absolute atomic E-state index is 0.0346. The zero-order valence-electron chi connectivity index (χ0n) is 9.56. The number of hydrogen-bond acceptors (Lipinski definition) is 2. The fraction of sp³-hybridized carbons (Fsp3) is 0.909. The average molecular weight is 233 g/mol. The molecule has 1 saturated carbocycles. The van der Waals surface area contributed by atoms with Crippen LogP contribution in [-0.4, -0.2) is 30.1 Å². The number of ether oxygens (including phenoxy) is 1. The molecule has 5 heteroatoms. The maximum absolute atomic E-state index is 12.7. The predicted molar refractivity (Wildman–Crippen MR) is 54.2 cm³/mol. The Bertz CT molecular complexity index is 304. The van der Waals surface area contributed by atoms with Crippen molar-refractivity contribution in [3.05, 3.63) is 0 Å². The lowest BCUT2D eigenvalue weighted by Crippen LogP contribution is -2.46. The molecule has 2 fully saturated rings. The van der Waals surface area contributed by atoms with Crippen molar-refractivity contribution in [1.82, 2.24) is 5.32 Å². The van der Waals surface area contributed by atoms with Gasteiger partial charge < -0.3 is 10.1 Å². The molecule has 2 atom stereocenters. The summed E-state index contributed by atoms with van der Waals surface area (Å²) >= 11 is 0. The first-order chi connectivity index (χ1) is 7.30. The Kier molecular flexibility index (Phi) is 2.69. The molecule has 0 bridgehead atoms. The summed E-state index contributed by atoms with van der Waals surface area (Å²) in [6.45, 7) is 4.45. The number of carbonyl (C=O) groups is 1. The van der Waals surface area contributed by atoms with Crippen LogP contribution in [0.15, 0.2) is 0 Å². The maximum atomic E-state index is 12.7. The van der Waals surface area contributed by atoms with E-state index in [2.05, 4.69) is 5.32 Å². The van der Waals surface area contributed by atoms with Crippen molar-refractivity contribution in [3.63, 3.8) is 0 Å². The minimum atomic E-state index is -2.77. The number of alkyl halides is 2. The van der Waals surface area contributed by atoms with Crippen molar-refractivity contribution < 1.29 is 18.3 Å². The topological polar surface area (TPSA) is 38.3 Å². The Morgan fingerprint density at radius 3 is 2.50 bits per heavy atom. The van der Waals surface area contributed by atoms with E-state index in [9.17, 15) is 13.6 Å². The zero-order chi connectivity index (χ0) is 12.0. The number of nitrogens with one attached hydrogen (secondary N) is 1. The smallest absolute Gasteiger partial charge is 0.260 e. The van der Waals surface area contributed by atoms with Crippen LogP contribution in [-0.2, 0) is 9.53 Å². The van der Waals surface area contributed by atoms with Gasteiger partial charge in [-0.2, -0.15) is 0 Å². The largest absolute Gasteiger partial charge is 0.375 e. The molecule has 2 rings (SSSR count). The van der Waals surface area contributed by atoms with Gasteiger partial charge in [-0.1, -0.05) is 0 Å². The lowest BCUT2D eigenvalue weighted by atomic mass is 9.94. The molecule has 16 heavy (non-hydrogen) atoms. The third-order valence-electron chi connectivity index (χ3n) is 3.19. The molecular weight excluding hydrogens is 216 g/mol. The molecule has 0 unspecified atom stereocenters. The molecular formula is C11H17F2NO2. The predicted octanol–water partition coefficient (Wildman–Crippen LogP) is 1.72. The number of halogens is 2. The van der Waals surface area contributed by atoms with E-state index in [1.54, 1.807) is 0 Å². The van der Waals surface area contributed by atoms with Gasteiger partial charge in [0.2, 0.25) is 5.91 Å². The van der Waals surface area contributed by atoms with E-state index < -0.39 is 17.7 Å². The van der Waals surface area contributed by atoms with Crippen molar-refractivity contribution >= 4 is 5.91 Å². The molecule has 0 aromatic carbocycles. The van der Waals surface area contributed by atoms with Crippen LogP contribution in [0.4, 0.5) is 8.78 Å². The third kappa shape index (κ3) is 2.51. The first-order valence-corrected chi connectivity index (χ1v) is 5.62. The van der Waals surface area contributed by atoms with Crippen molar-refractivity contribution in [1.29, 1.82) is 0 Å². The van der Waals surface area contributed by atoms with Crippen LogP contribution < -0.4 is 5.32 Å². The first kappa shape index (κ1) is 11.8. The molecule has 1 saturated heterocycles. The molecule has 1 N–H and O–H groups in total. The molecule has 2 aliphatic rings. The maximum Gasteiger partial charge on any atom is 0.260 e. The Morgan fingerprint density at radius 1 is 1.38 bits per heavy atom. The van der Waals surface area contributed by atoms with Gasteiger partial charge >= 0.3 is 0 Å². The molecule has 0 aromatic rings. The molecule has 0 radical (unpaired) electrons. The lowest BCUT2D eigenvalue weighted by Gasteiger charge is -2.35. The first-order valence-electron chi connectivity index (χ1n) is 5.62. The van der Waals surface area contributed by atoms with E-state index in [1.165, 1.54) is 0 Å². The molecule has 1 aliphatic carbocycles. The van der Waals surface area contributed by atoms with Crippen LogP contribution in [0, 0.1) is 5.92 Å². The highest BCUT2D eigenvalue weighted by molar-refractivity contribution is 5.83. The van der Waals surface area contributed by atoms with Crippen molar-refractivity contribution in [3.8, 4) is 0 Å². The fourth-order valence-corrected chi connectivity index (χ4v) is 2.15. The van der Waals surface area contributed by atoms with Crippen molar-refractivity contribution in [2.24, 2.45) is 5.92 Å². The highest BCUT2D eigenvalue weighted by atomic mass is 19.3. The van der Waals surface area contributed by atoms with Crippen LogP contribution in [0.3, 0.4) is 0 Å². The molecule has 92 valence electrons. The van der Waals surface area contributed by atoms with Gasteiger partial charge in [0.1, 0.15) is 5.92 Å². The second kappa shape index (κ2) is 3.65.